The van der Waals surface area contributed by atoms with E-state index in [-0.39, 0.29) is 6.04 Å². The highest BCUT2D eigenvalue weighted by Gasteiger charge is 2.40. The van der Waals surface area contributed by atoms with Gasteiger partial charge in [0.15, 0.2) is 11.5 Å². The van der Waals surface area contributed by atoms with Gasteiger partial charge in [0.25, 0.3) is 0 Å². The van der Waals surface area contributed by atoms with Gasteiger partial charge >= 0.3 is 0 Å². The van der Waals surface area contributed by atoms with Crippen LogP contribution in [0.15, 0.2) is 42.9 Å². The summed E-state index contributed by atoms with van der Waals surface area (Å²) in [5.41, 5.74) is 2.28. The number of hydrogen-bond donors (Lipinski definition) is 0. The SMILES string of the molecule is N#Cc1nccnc1N1CCN2C(c3cn(-c4cccc(Cl)c4)nn3)CC[C@H]2C1. The largest absolute Gasteiger partial charge is 0.351 e. The molecule has 0 bridgehead atoms. The average molecular weight is 407 g/mol. The van der Waals surface area contributed by atoms with Gasteiger partial charge in [0.1, 0.15) is 11.8 Å². The Morgan fingerprint density at radius 1 is 1.14 bits per heavy atom. The highest BCUT2D eigenvalue weighted by atomic mass is 35.5. The zero-order valence-corrected chi connectivity index (χ0v) is 16.4. The first-order valence-electron chi connectivity index (χ1n) is 9.63. The fourth-order valence-corrected chi connectivity index (χ4v) is 4.56. The molecule has 2 aliphatic rings. The number of halogens is 1. The molecule has 2 aromatic heterocycles. The quantitative estimate of drug-likeness (QED) is 0.660. The normalized spacial score (nSPS) is 21.7. The van der Waals surface area contributed by atoms with E-state index in [0.717, 1.165) is 43.9 Å². The van der Waals surface area contributed by atoms with Crippen LogP contribution in [0.3, 0.4) is 0 Å². The van der Waals surface area contributed by atoms with Crippen LogP contribution in [0, 0.1) is 11.3 Å². The minimum Gasteiger partial charge on any atom is -0.351 e. The topological polar surface area (TPSA) is 86.8 Å². The van der Waals surface area contributed by atoms with Gasteiger partial charge in [-0.2, -0.15) is 5.26 Å². The summed E-state index contributed by atoms with van der Waals surface area (Å²) >= 11 is 6.10. The molecule has 0 aliphatic carbocycles. The van der Waals surface area contributed by atoms with Crippen molar-refractivity contribution in [2.75, 3.05) is 24.5 Å². The zero-order chi connectivity index (χ0) is 19.8. The van der Waals surface area contributed by atoms with Crippen molar-refractivity contribution in [1.29, 1.82) is 5.26 Å². The summed E-state index contributed by atoms with van der Waals surface area (Å²) in [6, 6.07) is 10.4. The third-order valence-electron chi connectivity index (χ3n) is 5.71. The Balaban J connectivity index is 1.33. The maximum Gasteiger partial charge on any atom is 0.183 e. The smallest absolute Gasteiger partial charge is 0.183 e. The summed E-state index contributed by atoms with van der Waals surface area (Å²) in [5, 5.41) is 18.8. The predicted molar refractivity (Wildman–Crippen MR) is 108 cm³/mol. The average Bonchev–Trinajstić information content (AvgIpc) is 3.40. The molecule has 5 rings (SSSR count). The van der Waals surface area contributed by atoms with Crippen molar-refractivity contribution in [3.63, 3.8) is 0 Å². The third kappa shape index (κ3) is 3.33. The first kappa shape index (κ1) is 18.0. The van der Waals surface area contributed by atoms with Crippen LogP contribution in [-0.4, -0.2) is 55.5 Å². The summed E-state index contributed by atoms with van der Waals surface area (Å²) in [7, 11) is 0. The van der Waals surface area contributed by atoms with E-state index in [4.69, 9.17) is 11.6 Å². The van der Waals surface area contributed by atoms with Gasteiger partial charge in [-0.25, -0.2) is 14.6 Å². The van der Waals surface area contributed by atoms with Crippen LogP contribution in [0.1, 0.15) is 30.3 Å². The maximum atomic E-state index is 9.33. The molecule has 29 heavy (non-hydrogen) atoms. The Morgan fingerprint density at radius 3 is 2.90 bits per heavy atom. The number of rotatable bonds is 3. The number of anilines is 1. The molecular weight excluding hydrogens is 388 g/mol. The van der Waals surface area contributed by atoms with E-state index in [1.807, 2.05) is 30.5 Å². The van der Waals surface area contributed by atoms with E-state index in [2.05, 4.69) is 36.1 Å². The van der Waals surface area contributed by atoms with Crippen molar-refractivity contribution in [2.45, 2.75) is 24.9 Å². The Kier molecular flexibility index (Phi) is 4.62. The highest BCUT2D eigenvalue weighted by Crippen LogP contribution is 2.38. The summed E-state index contributed by atoms with van der Waals surface area (Å²) in [5.74, 6) is 0.685. The molecule has 2 saturated heterocycles. The number of aromatic nitrogens is 5. The number of piperazine rings is 1. The molecule has 4 heterocycles. The molecular formula is C20H19ClN8. The lowest BCUT2D eigenvalue weighted by molar-refractivity contribution is 0.173. The van der Waals surface area contributed by atoms with Crippen molar-refractivity contribution in [3.8, 4) is 11.8 Å². The van der Waals surface area contributed by atoms with Crippen LogP contribution in [0.25, 0.3) is 5.69 Å². The molecule has 1 aromatic carbocycles. The van der Waals surface area contributed by atoms with Gasteiger partial charge in [0, 0.05) is 43.1 Å². The Morgan fingerprint density at radius 2 is 2.03 bits per heavy atom. The van der Waals surface area contributed by atoms with E-state index < -0.39 is 0 Å². The highest BCUT2D eigenvalue weighted by molar-refractivity contribution is 6.30. The van der Waals surface area contributed by atoms with Crippen molar-refractivity contribution < 1.29 is 0 Å². The van der Waals surface area contributed by atoms with E-state index in [9.17, 15) is 5.26 Å². The molecule has 3 aromatic rings. The summed E-state index contributed by atoms with van der Waals surface area (Å²) < 4.78 is 1.78. The van der Waals surface area contributed by atoms with Gasteiger partial charge in [0.05, 0.1) is 17.9 Å². The number of nitrogens with zero attached hydrogens (tertiary/aromatic N) is 8. The van der Waals surface area contributed by atoms with Crippen molar-refractivity contribution in [2.24, 2.45) is 0 Å². The molecule has 2 fully saturated rings. The number of hydrogen-bond acceptors (Lipinski definition) is 7. The molecule has 9 heteroatoms. The van der Waals surface area contributed by atoms with Gasteiger partial charge < -0.3 is 4.90 Å². The summed E-state index contributed by atoms with van der Waals surface area (Å²) in [6.07, 6.45) is 7.33. The third-order valence-corrected chi connectivity index (χ3v) is 5.95. The maximum absolute atomic E-state index is 9.33. The van der Waals surface area contributed by atoms with Gasteiger partial charge in [0.2, 0.25) is 0 Å². The predicted octanol–water partition coefficient (Wildman–Crippen LogP) is 2.61. The van der Waals surface area contributed by atoms with Crippen LogP contribution < -0.4 is 4.90 Å². The van der Waals surface area contributed by atoms with Gasteiger partial charge in [-0.3, -0.25) is 4.90 Å². The molecule has 146 valence electrons. The second-order valence-electron chi connectivity index (χ2n) is 7.34. The second kappa shape index (κ2) is 7.43. The number of fused-ring (bicyclic) bond motifs is 1. The number of nitriles is 1. The molecule has 0 N–H and O–H groups in total. The first-order chi connectivity index (χ1) is 14.2. The molecule has 2 aliphatic heterocycles. The molecule has 1 unspecified atom stereocenters. The monoisotopic (exact) mass is 406 g/mol. The number of benzene rings is 1. The minimum absolute atomic E-state index is 0.257. The molecule has 0 saturated carbocycles. The lowest BCUT2D eigenvalue weighted by Crippen LogP contribution is -2.51. The fraction of sp³-hybridized carbons (Fsp3) is 0.350. The molecule has 8 nitrogen and oxygen atoms in total. The standard InChI is InChI=1S/C20H19ClN8/c21-14-2-1-3-15(10-14)29-13-18(25-26-29)19-5-4-16-12-27(8-9-28(16)19)20-17(11-22)23-6-7-24-20/h1-3,6-7,10,13,16,19H,4-5,8-9,12H2/t16-,19?/m0/s1. The van der Waals surface area contributed by atoms with Crippen molar-refractivity contribution in [1.82, 2.24) is 29.9 Å². The van der Waals surface area contributed by atoms with E-state index >= 15 is 0 Å². The molecule has 0 spiro atoms. The van der Waals surface area contributed by atoms with E-state index in [1.54, 1.807) is 17.1 Å². The van der Waals surface area contributed by atoms with Crippen LogP contribution in [0.2, 0.25) is 5.02 Å². The summed E-state index contributed by atoms with van der Waals surface area (Å²) in [6.45, 7) is 2.54. The van der Waals surface area contributed by atoms with Gasteiger partial charge in [-0.05, 0) is 31.0 Å². The Hall–Kier alpha value is -3.02. The van der Waals surface area contributed by atoms with Crippen LogP contribution in [-0.2, 0) is 0 Å². The van der Waals surface area contributed by atoms with E-state index in [1.165, 1.54) is 0 Å². The van der Waals surface area contributed by atoms with Gasteiger partial charge in [-0.1, -0.05) is 22.9 Å². The van der Waals surface area contributed by atoms with Crippen molar-refractivity contribution >= 4 is 17.4 Å². The first-order valence-corrected chi connectivity index (χ1v) is 10.0. The van der Waals surface area contributed by atoms with Crippen LogP contribution in [0.4, 0.5) is 5.82 Å². The molecule has 0 radical (unpaired) electrons. The lowest BCUT2D eigenvalue weighted by atomic mass is 10.1. The lowest BCUT2D eigenvalue weighted by Gasteiger charge is -2.40. The Labute approximate surface area is 173 Å². The zero-order valence-electron chi connectivity index (χ0n) is 15.7. The van der Waals surface area contributed by atoms with Gasteiger partial charge in [-0.15, -0.1) is 5.10 Å². The van der Waals surface area contributed by atoms with Crippen LogP contribution in [0.5, 0.6) is 0 Å². The Bertz CT molecular complexity index is 1070. The molecule has 0 amide bonds. The van der Waals surface area contributed by atoms with Crippen molar-refractivity contribution in [3.05, 3.63) is 59.3 Å². The molecule has 2 atom stereocenters. The fourth-order valence-electron chi connectivity index (χ4n) is 4.38. The van der Waals surface area contributed by atoms with E-state index in [0.29, 0.717) is 22.6 Å². The minimum atomic E-state index is 0.257. The van der Waals surface area contributed by atoms with Crippen LogP contribution >= 0.6 is 11.6 Å². The second-order valence-corrected chi connectivity index (χ2v) is 7.78. The summed E-state index contributed by atoms with van der Waals surface area (Å²) in [4.78, 5) is 13.2.